The van der Waals surface area contributed by atoms with Crippen molar-refractivity contribution in [1.82, 2.24) is 19.4 Å². The summed E-state index contributed by atoms with van der Waals surface area (Å²) in [5.41, 5.74) is 3.60. The van der Waals surface area contributed by atoms with Gasteiger partial charge in [-0.25, -0.2) is 0 Å². The van der Waals surface area contributed by atoms with Gasteiger partial charge in [0, 0.05) is 37.2 Å². The van der Waals surface area contributed by atoms with Crippen LogP contribution in [0.4, 0.5) is 0 Å². The second-order valence-corrected chi connectivity index (χ2v) is 11.4. The molecule has 3 aliphatic heterocycles. The number of benzene rings is 2. The predicted molar refractivity (Wildman–Crippen MR) is 141 cm³/mol. The summed E-state index contributed by atoms with van der Waals surface area (Å²) in [6.45, 7) is 7.24. The minimum atomic E-state index is -0.641. The number of nitrogens with one attached hydrogen (secondary N) is 1. The molecule has 0 bridgehead atoms. The van der Waals surface area contributed by atoms with Crippen molar-refractivity contribution in [2.45, 2.75) is 45.5 Å². The van der Waals surface area contributed by atoms with Crippen molar-refractivity contribution in [1.29, 1.82) is 0 Å². The Kier molecular flexibility index (Phi) is 7.80. The van der Waals surface area contributed by atoms with Crippen molar-refractivity contribution < 1.29 is 23.7 Å². The second-order valence-electron chi connectivity index (χ2n) is 9.62. The fourth-order valence-corrected chi connectivity index (χ4v) is 6.08. The highest BCUT2D eigenvalue weighted by molar-refractivity contribution is 7.89. The molecule has 0 aromatic heterocycles. The first-order valence-corrected chi connectivity index (χ1v) is 14.1. The van der Waals surface area contributed by atoms with E-state index in [-0.39, 0.29) is 18.2 Å². The number of hydrogen-bond donors (Lipinski definition) is 2. The van der Waals surface area contributed by atoms with Crippen LogP contribution in [0.15, 0.2) is 42.5 Å². The van der Waals surface area contributed by atoms with E-state index in [4.69, 9.17) is 4.74 Å². The summed E-state index contributed by atoms with van der Waals surface area (Å²) >= 11 is -0.613. The smallest absolute Gasteiger partial charge is 0.255 e. The average molecular weight is 526 g/mol. The maximum absolute atomic E-state index is 13.0. The van der Waals surface area contributed by atoms with Crippen LogP contribution in [0.1, 0.15) is 46.8 Å². The summed E-state index contributed by atoms with van der Waals surface area (Å²) in [6.07, 6.45) is 0.567. The van der Waals surface area contributed by atoms with Crippen LogP contribution in [0.25, 0.3) is 0 Å². The number of rotatable bonds is 8. The molecule has 196 valence electrons. The lowest BCUT2D eigenvalue weighted by molar-refractivity contribution is -0.136. The number of nitrogens with zero attached hydrogens (tertiary/aromatic N) is 3. The molecule has 3 amide bonds. The van der Waals surface area contributed by atoms with Crippen molar-refractivity contribution in [3.8, 4) is 5.75 Å². The summed E-state index contributed by atoms with van der Waals surface area (Å²) in [5, 5.41) is 2.34. The number of piperazine rings is 1. The minimum absolute atomic E-state index is 0.204. The van der Waals surface area contributed by atoms with E-state index in [1.807, 2.05) is 13.0 Å². The average Bonchev–Trinajstić information content (AvgIpc) is 3.25. The Labute approximate surface area is 220 Å². The Morgan fingerprint density at radius 2 is 1.76 bits per heavy atom. The molecule has 2 atom stereocenters. The van der Waals surface area contributed by atoms with Crippen LogP contribution < -0.4 is 10.1 Å². The molecule has 2 saturated heterocycles. The van der Waals surface area contributed by atoms with Gasteiger partial charge in [0.05, 0.1) is 19.6 Å². The summed E-state index contributed by atoms with van der Waals surface area (Å²) in [5.74, 6) is 0.502. The molecular weight excluding hydrogens is 492 g/mol. The predicted octanol–water partition coefficient (Wildman–Crippen LogP) is 2.17. The van der Waals surface area contributed by atoms with E-state index in [1.54, 1.807) is 12.1 Å². The Hall–Kier alpha value is -2.92. The first-order chi connectivity index (χ1) is 17.9. The zero-order valence-electron chi connectivity index (χ0n) is 21.0. The first-order valence-electron chi connectivity index (χ1n) is 12.8. The maximum Gasteiger partial charge on any atom is 0.255 e. The number of carbonyl (C=O) groups is 3. The van der Waals surface area contributed by atoms with Gasteiger partial charge < -0.3 is 9.64 Å². The molecule has 0 aliphatic carbocycles. The Bertz CT molecular complexity index is 1170. The zero-order chi connectivity index (χ0) is 25.9. The van der Waals surface area contributed by atoms with Gasteiger partial charge in [-0.2, -0.15) is 4.55 Å². The van der Waals surface area contributed by atoms with E-state index in [2.05, 4.69) is 38.8 Å². The molecule has 10 heteroatoms. The molecule has 0 spiro atoms. The van der Waals surface area contributed by atoms with Crippen molar-refractivity contribution in [3.63, 3.8) is 0 Å². The zero-order valence-corrected chi connectivity index (χ0v) is 21.8. The van der Waals surface area contributed by atoms with Gasteiger partial charge in [0.25, 0.3) is 5.91 Å². The number of carbonyl (C=O) groups excluding carboxylic acids is 3. The fourth-order valence-electron chi connectivity index (χ4n) is 5.13. The van der Waals surface area contributed by atoms with Gasteiger partial charge in [0.2, 0.25) is 23.2 Å². The van der Waals surface area contributed by atoms with Gasteiger partial charge in [0.15, 0.2) is 5.75 Å². The number of ether oxygens (including phenoxy) is 1. The molecule has 2 aromatic rings. The lowest BCUT2D eigenvalue weighted by Crippen LogP contribution is -2.52. The van der Waals surface area contributed by atoms with E-state index in [1.165, 1.54) is 10.5 Å². The van der Waals surface area contributed by atoms with Gasteiger partial charge in [0.1, 0.15) is 18.4 Å². The molecule has 3 heterocycles. The molecule has 3 aliphatic rings. The van der Waals surface area contributed by atoms with Crippen molar-refractivity contribution in [2.24, 2.45) is 0 Å². The van der Waals surface area contributed by atoms with Gasteiger partial charge >= 0.3 is 0 Å². The van der Waals surface area contributed by atoms with Crippen LogP contribution in [0.2, 0.25) is 0 Å². The summed E-state index contributed by atoms with van der Waals surface area (Å²) in [6, 6.07) is 13.1. The van der Waals surface area contributed by atoms with Gasteiger partial charge in [-0.15, -0.1) is 0 Å². The summed E-state index contributed by atoms with van der Waals surface area (Å²) in [4.78, 5) is 40.8. The van der Waals surface area contributed by atoms with E-state index in [0.717, 1.165) is 49.6 Å². The standard InChI is InChI=1S/C27H32N4O5S/c1-2-37(35)30-14-12-29(13-15-30)16-19-6-8-20(9-7-19)18-36-24-5-3-4-21-22(24)17-31(27(21)34)23-10-11-25(32)28-26(23)33/h3-9,23,35H,2,10-18H2,1H3/p+1. The molecule has 9 nitrogen and oxygen atoms in total. The summed E-state index contributed by atoms with van der Waals surface area (Å²) in [7, 11) is 0. The minimum Gasteiger partial charge on any atom is -0.489 e. The van der Waals surface area contributed by atoms with Gasteiger partial charge in [-0.3, -0.25) is 24.6 Å². The first kappa shape index (κ1) is 25.7. The van der Waals surface area contributed by atoms with Crippen LogP contribution in [0, 0.1) is 0 Å². The molecule has 0 radical (unpaired) electrons. The monoisotopic (exact) mass is 525 g/mol. The van der Waals surface area contributed by atoms with E-state index in [9.17, 15) is 18.9 Å². The van der Waals surface area contributed by atoms with Gasteiger partial charge in [-0.1, -0.05) is 34.6 Å². The topological polar surface area (TPSA) is 102 Å². The molecule has 2 fully saturated rings. The van der Waals surface area contributed by atoms with Crippen molar-refractivity contribution in [3.05, 3.63) is 64.7 Å². The highest BCUT2D eigenvalue weighted by Gasteiger charge is 2.40. The van der Waals surface area contributed by atoms with E-state index in [0.29, 0.717) is 30.9 Å². The quantitative estimate of drug-likeness (QED) is 0.402. The number of fused-ring (bicyclic) bond motifs is 1. The lowest BCUT2D eigenvalue weighted by Gasteiger charge is -2.31. The maximum atomic E-state index is 13.0. The molecule has 2 unspecified atom stereocenters. The van der Waals surface area contributed by atoms with E-state index < -0.39 is 23.3 Å². The third-order valence-corrected chi connectivity index (χ3v) is 8.73. The molecule has 0 saturated carbocycles. The molecular formula is C27H33N4O5S+. The fraction of sp³-hybridized carbons (Fsp3) is 0.444. The second kappa shape index (κ2) is 11.2. The Balaban J connectivity index is 1.17. The largest absolute Gasteiger partial charge is 0.489 e. The van der Waals surface area contributed by atoms with Crippen LogP contribution in [0.5, 0.6) is 5.75 Å². The van der Waals surface area contributed by atoms with Crippen molar-refractivity contribution >= 4 is 29.1 Å². The lowest BCUT2D eigenvalue weighted by atomic mass is 10.0. The molecule has 2 N–H and O–H groups in total. The number of imide groups is 1. The molecule has 37 heavy (non-hydrogen) atoms. The van der Waals surface area contributed by atoms with Gasteiger partial charge in [-0.05, 0) is 36.6 Å². The summed E-state index contributed by atoms with van der Waals surface area (Å²) < 4.78 is 18.3. The third-order valence-electron chi connectivity index (χ3n) is 7.25. The van der Waals surface area contributed by atoms with Crippen LogP contribution in [0.3, 0.4) is 0 Å². The third kappa shape index (κ3) is 5.67. The van der Waals surface area contributed by atoms with E-state index >= 15 is 0 Å². The SMILES string of the molecule is CC[S+](O)N1CCN(Cc2ccc(COc3cccc4c3CN(C3CCC(=O)NC3=O)C4=O)cc2)CC1. The molecule has 2 aromatic carbocycles. The van der Waals surface area contributed by atoms with Crippen molar-refractivity contribution in [2.75, 3.05) is 31.9 Å². The highest BCUT2D eigenvalue weighted by atomic mass is 32.2. The number of piperidine rings is 1. The normalized spacial score (nSPS) is 21.6. The van der Waals surface area contributed by atoms with Crippen LogP contribution in [-0.4, -0.2) is 74.4 Å². The number of amides is 3. The highest BCUT2D eigenvalue weighted by Crippen LogP contribution is 2.34. The van der Waals surface area contributed by atoms with Crippen LogP contribution in [-0.2, 0) is 40.6 Å². The Morgan fingerprint density at radius 3 is 2.46 bits per heavy atom. The Morgan fingerprint density at radius 1 is 1.03 bits per heavy atom. The van der Waals surface area contributed by atoms with Crippen LogP contribution >= 0.6 is 0 Å². The molecule has 5 rings (SSSR count). The number of hydrogen-bond acceptors (Lipinski definition) is 7.